The fourth-order valence-corrected chi connectivity index (χ4v) is 3.75. The summed E-state index contributed by atoms with van der Waals surface area (Å²) in [6, 6.07) is 4.55. The molecule has 104 valence electrons. The molecule has 1 spiro atoms. The normalized spacial score (nSPS) is 24.4. The van der Waals surface area contributed by atoms with E-state index in [4.69, 9.17) is 4.74 Å². The number of hydrogen-bond acceptors (Lipinski definition) is 1. The van der Waals surface area contributed by atoms with Gasteiger partial charge in [0, 0.05) is 11.1 Å². The Bertz CT molecular complexity index is 634. The minimum Gasteiger partial charge on any atom is -0.487 e. The smallest absolute Gasteiger partial charge is 0.127 e. The number of ether oxygens (including phenoxy) is 1. The third kappa shape index (κ3) is 1.85. The summed E-state index contributed by atoms with van der Waals surface area (Å²) in [5.41, 5.74) is 4.35. The molecule has 3 aliphatic rings. The standard InChI is InChI=1S/C19H22O/c1-4-5-13-10-15(14-6-7-14)17-16(11-13)18(2,3)12-19(20-17)8-9-19/h10-11,14H,6-9,12H2,1-3H3. The molecule has 0 atom stereocenters. The van der Waals surface area contributed by atoms with Crippen molar-refractivity contribution >= 4 is 0 Å². The lowest BCUT2D eigenvalue weighted by Gasteiger charge is -2.39. The van der Waals surface area contributed by atoms with Crippen LogP contribution in [0.5, 0.6) is 5.75 Å². The van der Waals surface area contributed by atoms with E-state index in [1.807, 2.05) is 6.92 Å². The molecule has 0 unspecified atom stereocenters. The zero-order chi connectivity index (χ0) is 14.0. The number of rotatable bonds is 1. The number of hydrogen-bond donors (Lipinski definition) is 0. The lowest BCUT2D eigenvalue weighted by molar-refractivity contribution is 0.111. The van der Waals surface area contributed by atoms with E-state index in [9.17, 15) is 0 Å². The van der Waals surface area contributed by atoms with E-state index < -0.39 is 0 Å². The van der Waals surface area contributed by atoms with E-state index in [0.29, 0.717) is 5.92 Å². The molecule has 1 nitrogen and oxygen atoms in total. The molecule has 1 heterocycles. The van der Waals surface area contributed by atoms with E-state index in [2.05, 4.69) is 37.8 Å². The number of fused-ring (bicyclic) bond motifs is 1. The first kappa shape index (κ1) is 12.3. The molecule has 0 N–H and O–H groups in total. The van der Waals surface area contributed by atoms with E-state index in [1.54, 1.807) is 0 Å². The number of benzene rings is 1. The van der Waals surface area contributed by atoms with Gasteiger partial charge in [-0.05, 0) is 68.1 Å². The Kier molecular flexibility index (Phi) is 2.35. The summed E-state index contributed by atoms with van der Waals surface area (Å²) < 4.78 is 6.48. The Labute approximate surface area is 121 Å². The van der Waals surface area contributed by atoms with Gasteiger partial charge in [0.1, 0.15) is 11.4 Å². The van der Waals surface area contributed by atoms with Crippen LogP contribution in [0, 0.1) is 11.8 Å². The second-order valence-corrected chi connectivity index (χ2v) is 7.44. The Morgan fingerprint density at radius 2 is 1.95 bits per heavy atom. The Hall–Kier alpha value is -1.42. The van der Waals surface area contributed by atoms with Crippen LogP contribution in [0.2, 0.25) is 0 Å². The summed E-state index contributed by atoms with van der Waals surface area (Å²) in [4.78, 5) is 0. The summed E-state index contributed by atoms with van der Waals surface area (Å²) in [6.07, 6.45) is 6.24. The molecule has 0 aromatic heterocycles. The van der Waals surface area contributed by atoms with Gasteiger partial charge in [-0.3, -0.25) is 0 Å². The van der Waals surface area contributed by atoms with Gasteiger partial charge in [0.2, 0.25) is 0 Å². The molecule has 1 aliphatic heterocycles. The van der Waals surface area contributed by atoms with Crippen LogP contribution < -0.4 is 4.74 Å². The topological polar surface area (TPSA) is 9.23 Å². The van der Waals surface area contributed by atoms with Crippen LogP contribution >= 0.6 is 0 Å². The molecule has 4 rings (SSSR count). The van der Waals surface area contributed by atoms with Gasteiger partial charge < -0.3 is 4.74 Å². The zero-order valence-electron chi connectivity index (χ0n) is 12.7. The van der Waals surface area contributed by atoms with Crippen molar-refractivity contribution in [3.05, 3.63) is 28.8 Å². The third-order valence-electron chi connectivity index (χ3n) is 5.02. The minimum atomic E-state index is 0.165. The highest BCUT2D eigenvalue weighted by Crippen LogP contribution is 2.58. The van der Waals surface area contributed by atoms with Crippen LogP contribution in [-0.2, 0) is 5.41 Å². The summed E-state index contributed by atoms with van der Waals surface area (Å²) in [5, 5.41) is 0. The van der Waals surface area contributed by atoms with E-state index >= 15 is 0 Å². The Morgan fingerprint density at radius 3 is 2.55 bits per heavy atom. The van der Waals surface area contributed by atoms with Crippen LogP contribution in [0.4, 0.5) is 0 Å². The highest BCUT2D eigenvalue weighted by Gasteiger charge is 2.54. The maximum absolute atomic E-state index is 6.48. The van der Waals surface area contributed by atoms with E-state index in [1.165, 1.54) is 42.6 Å². The van der Waals surface area contributed by atoms with Crippen LogP contribution in [0.1, 0.15) is 75.5 Å². The summed E-state index contributed by atoms with van der Waals surface area (Å²) in [7, 11) is 0. The van der Waals surface area contributed by atoms with Crippen molar-refractivity contribution in [2.75, 3.05) is 0 Å². The first-order valence-corrected chi connectivity index (χ1v) is 7.83. The monoisotopic (exact) mass is 266 g/mol. The summed E-state index contributed by atoms with van der Waals surface area (Å²) >= 11 is 0. The van der Waals surface area contributed by atoms with Crippen molar-refractivity contribution in [2.24, 2.45) is 0 Å². The summed E-state index contributed by atoms with van der Waals surface area (Å²) in [5.74, 6) is 8.22. The maximum atomic E-state index is 6.48. The predicted octanol–water partition coefficient (Wildman–Crippen LogP) is 4.53. The van der Waals surface area contributed by atoms with Crippen molar-refractivity contribution in [3.8, 4) is 17.6 Å². The molecule has 2 fully saturated rings. The largest absolute Gasteiger partial charge is 0.487 e. The van der Waals surface area contributed by atoms with E-state index in [-0.39, 0.29) is 11.0 Å². The molecule has 1 aromatic carbocycles. The first-order chi connectivity index (χ1) is 9.53. The molecule has 1 heteroatoms. The molecular formula is C19H22O. The maximum Gasteiger partial charge on any atom is 0.127 e. The molecule has 1 aromatic rings. The molecule has 2 saturated carbocycles. The average molecular weight is 266 g/mol. The highest BCUT2D eigenvalue weighted by atomic mass is 16.5. The lowest BCUT2D eigenvalue weighted by Crippen LogP contribution is -2.36. The average Bonchev–Trinajstić information content (AvgIpc) is 3.26. The minimum absolute atomic E-state index is 0.165. The second kappa shape index (κ2) is 3.82. The van der Waals surface area contributed by atoms with Crippen LogP contribution in [0.25, 0.3) is 0 Å². The molecule has 0 saturated heterocycles. The highest BCUT2D eigenvalue weighted by molar-refractivity contribution is 5.56. The SMILES string of the molecule is CC#Cc1cc(C2CC2)c2c(c1)C(C)(C)CC1(CC1)O2. The molecule has 0 radical (unpaired) electrons. The van der Waals surface area contributed by atoms with Gasteiger partial charge in [0.05, 0.1) is 0 Å². The summed E-state index contributed by atoms with van der Waals surface area (Å²) in [6.45, 7) is 6.65. The fourth-order valence-electron chi connectivity index (χ4n) is 3.75. The van der Waals surface area contributed by atoms with Crippen LogP contribution in [0.3, 0.4) is 0 Å². The van der Waals surface area contributed by atoms with Gasteiger partial charge in [0.25, 0.3) is 0 Å². The second-order valence-electron chi connectivity index (χ2n) is 7.44. The van der Waals surface area contributed by atoms with Gasteiger partial charge in [-0.2, -0.15) is 0 Å². The lowest BCUT2D eigenvalue weighted by atomic mass is 9.75. The molecule has 20 heavy (non-hydrogen) atoms. The van der Waals surface area contributed by atoms with Crippen molar-refractivity contribution in [3.63, 3.8) is 0 Å². The van der Waals surface area contributed by atoms with E-state index in [0.717, 1.165) is 12.0 Å². The first-order valence-electron chi connectivity index (χ1n) is 7.83. The van der Waals surface area contributed by atoms with Crippen LogP contribution in [-0.4, -0.2) is 5.60 Å². The van der Waals surface area contributed by atoms with Crippen LogP contribution in [0.15, 0.2) is 12.1 Å². The van der Waals surface area contributed by atoms with Crippen molar-refractivity contribution < 1.29 is 4.74 Å². The van der Waals surface area contributed by atoms with Gasteiger partial charge >= 0.3 is 0 Å². The third-order valence-corrected chi connectivity index (χ3v) is 5.02. The molecule has 2 aliphatic carbocycles. The quantitative estimate of drug-likeness (QED) is 0.679. The Balaban J connectivity index is 1.91. The van der Waals surface area contributed by atoms with Gasteiger partial charge in [0.15, 0.2) is 0 Å². The zero-order valence-corrected chi connectivity index (χ0v) is 12.7. The van der Waals surface area contributed by atoms with Gasteiger partial charge in [-0.15, -0.1) is 5.92 Å². The van der Waals surface area contributed by atoms with Crippen molar-refractivity contribution in [1.82, 2.24) is 0 Å². The van der Waals surface area contributed by atoms with Crippen molar-refractivity contribution in [1.29, 1.82) is 0 Å². The molecular weight excluding hydrogens is 244 g/mol. The van der Waals surface area contributed by atoms with Gasteiger partial charge in [-0.25, -0.2) is 0 Å². The molecule has 0 bridgehead atoms. The predicted molar refractivity (Wildman–Crippen MR) is 81.2 cm³/mol. The fraction of sp³-hybridized carbons (Fsp3) is 0.579. The molecule has 0 amide bonds. The van der Waals surface area contributed by atoms with Crippen molar-refractivity contribution in [2.45, 2.75) is 69.8 Å². The Morgan fingerprint density at radius 1 is 1.20 bits per heavy atom. The van der Waals surface area contributed by atoms with Gasteiger partial charge in [-0.1, -0.05) is 19.8 Å².